The number of aromatic nitrogens is 1. The molecule has 1 aliphatic carbocycles. The van der Waals surface area contributed by atoms with Crippen molar-refractivity contribution in [2.24, 2.45) is 7.05 Å². The molecule has 2 aliphatic rings. The highest BCUT2D eigenvalue weighted by Gasteiger charge is 2.38. The van der Waals surface area contributed by atoms with Gasteiger partial charge in [-0.25, -0.2) is 0 Å². The summed E-state index contributed by atoms with van der Waals surface area (Å²) >= 11 is 0. The number of hydrogen-bond donors (Lipinski definition) is 1. The molecule has 122 valence electrons. The first kappa shape index (κ1) is 15.6. The minimum absolute atomic E-state index is 0.0331. The average Bonchev–Trinajstić information content (AvgIpc) is 3.00. The van der Waals surface area contributed by atoms with E-state index in [-0.39, 0.29) is 11.4 Å². The zero-order valence-corrected chi connectivity index (χ0v) is 13.5. The standard InChI is InChI=1S/C17H27N3O2/c1-19-9-5-6-15(19)16(21)18-14-17(7-3-2-4-8-17)20-10-12-22-13-11-20/h5-6,9H,2-4,7-8,10-14H2,1H3,(H,18,21). The molecule has 3 rings (SSSR count). The van der Waals surface area contributed by atoms with Crippen LogP contribution in [0.2, 0.25) is 0 Å². The zero-order chi connectivity index (χ0) is 15.4. The molecule has 2 fully saturated rings. The Labute approximate surface area is 132 Å². The molecule has 1 N–H and O–H groups in total. The molecule has 22 heavy (non-hydrogen) atoms. The van der Waals surface area contributed by atoms with Crippen LogP contribution in [0.5, 0.6) is 0 Å². The van der Waals surface area contributed by atoms with Gasteiger partial charge in [-0.1, -0.05) is 19.3 Å². The van der Waals surface area contributed by atoms with E-state index in [4.69, 9.17) is 4.74 Å². The Morgan fingerprint density at radius 3 is 2.64 bits per heavy atom. The Hall–Kier alpha value is -1.33. The van der Waals surface area contributed by atoms with Crippen molar-refractivity contribution < 1.29 is 9.53 Å². The third kappa shape index (κ3) is 3.20. The van der Waals surface area contributed by atoms with Crippen LogP contribution in [0.1, 0.15) is 42.6 Å². The summed E-state index contributed by atoms with van der Waals surface area (Å²) in [5.41, 5.74) is 0.857. The van der Waals surface area contributed by atoms with Gasteiger partial charge in [-0.2, -0.15) is 0 Å². The van der Waals surface area contributed by atoms with E-state index in [1.54, 1.807) is 0 Å². The molecular formula is C17H27N3O2. The number of aryl methyl sites for hydroxylation is 1. The number of nitrogens with zero attached hydrogens (tertiary/aromatic N) is 2. The normalized spacial score (nSPS) is 22.4. The molecule has 0 spiro atoms. The first-order valence-corrected chi connectivity index (χ1v) is 8.44. The number of carbonyl (C=O) groups is 1. The number of rotatable bonds is 4. The second kappa shape index (κ2) is 6.84. The van der Waals surface area contributed by atoms with Gasteiger partial charge < -0.3 is 14.6 Å². The van der Waals surface area contributed by atoms with Gasteiger partial charge in [-0.3, -0.25) is 9.69 Å². The molecule has 0 unspecified atom stereocenters. The van der Waals surface area contributed by atoms with Gasteiger partial charge in [0.2, 0.25) is 0 Å². The molecule has 5 heteroatoms. The average molecular weight is 305 g/mol. The fourth-order valence-electron chi connectivity index (χ4n) is 3.88. The van der Waals surface area contributed by atoms with E-state index in [0.717, 1.165) is 38.5 Å². The summed E-state index contributed by atoms with van der Waals surface area (Å²) in [6, 6.07) is 3.78. The summed E-state index contributed by atoms with van der Waals surface area (Å²) in [4.78, 5) is 15.0. The predicted octanol–water partition coefficient (Wildman–Crippen LogP) is 1.79. The van der Waals surface area contributed by atoms with Crippen LogP contribution in [-0.4, -0.2) is 53.8 Å². The molecular weight excluding hydrogens is 278 g/mol. The van der Waals surface area contributed by atoms with E-state index < -0.39 is 0 Å². The van der Waals surface area contributed by atoms with E-state index in [9.17, 15) is 4.79 Å². The van der Waals surface area contributed by atoms with Crippen LogP contribution in [0.25, 0.3) is 0 Å². The molecule has 1 aliphatic heterocycles. The van der Waals surface area contributed by atoms with Crippen molar-refractivity contribution in [3.05, 3.63) is 24.0 Å². The van der Waals surface area contributed by atoms with Crippen LogP contribution in [0.15, 0.2) is 18.3 Å². The van der Waals surface area contributed by atoms with Crippen LogP contribution < -0.4 is 5.32 Å². The van der Waals surface area contributed by atoms with Crippen LogP contribution in [0, 0.1) is 0 Å². The third-order valence-corrected chi connectivity index (χ3v) is 5.22. The molecule has 1 aromatic rings. The summed E-state index contributed by atoms with van der Waals surface area (Å²) < 4.78 is 7.38. The first-order valence-electron chi connectivity index (χ1n) is 8.44. The monoisotopic (exact) mass is 305 g/mol. The SMILES string of the molecule is Cn1cccc1C(=O)NCC1(N2CCOCC2)CCCCC1. The fourth-order valence-corrected chi connectivity index (χ4v) is 3.88. The van der Waals surface area contributed by atoms with Gasteiger partial charge in [0.05, 0.1) is 13.2 Å². The Balaban J connectivity index is 1.67. The lowest BCUT2D eigenvalue weighted by Crippen LogP contribution is -2.59. The minimum Gasteiger partial charge on any atom is -0.379 e. The fraction of sp³-hybridized carbons (Fsp3) is 0.706. The van der Waals surface area contributed by atoms with Crippen molar-refractivity contribution in [2.75, 3.05) is 32.8 Å². The molecule has 5 nitrogen and oxygen atoms in total. The maximum atomic E-state index is 12.4. The van der Waals surface area contributed by atoms with Crippen LogP contribution >= 0.6 is 0 Å². The van der Waals surface area contributed by atoms with Gasteiger partial charge in [-0.15, -0.1) is 0 Å². The number of carbonyl (C=O) groups excluding carboxylic acids is 1. The Bertz CT molecular complexity index is 500. The van der Waals surface area contributed by atoms with Gasteiger partial charge in [-0.05, 0) is 25.0 Å². The van der Waals surface area contributed by atoms with E-state index in [2.05, 4.69) is 10.2 Å². The maximum absolute atomic E-state index is 12.4. The Kier molecular flexibility index (Phi) is 4.84. The maximum Gasteiger partial charge on any atom is 0.267 e. The summed E-state index contributed by atoms with van der Waals surface area (Å²) in [6.07, 6.45) is 8.11. The summed E-state index contributed by atoms with van der Waals surface area (Å²) in [5, 5.41) is 3.19. The molecule has 1 saturated carbocycles. The van der Waals surface area contributed by atoms with E-state index in [1.807, 2.05) is 29.9 Å². The lowest BCUT2D eigenvalue weighted by atomic mass is 9.79. The molecule has 1 aromatic heterocycles. The van der Waals surface area contributed by atoms with E-state index in [0.29, 0.717) is 0 Å². The van der Waals surface area contributed by atoms with Crippen molar-refractivity contribution >= 4 is 5.91 Å². The smallest absolute Gasteiger partial charge is 0.267 e. The van der Waals surface area contributed by atoms with Gasteiger partial charge in [0, 0.05) is 38.4 Å². The van der Waals surface area contributed by atoms with Gasteiger partial charge in [0.25, 0.3) is 5.91 Å². The molecule has 1 saturated heterocycles. The quantitative estimate of drug-likeness (QED) is 0.922. The summed E-state index contributed by atoms with van der Waals surface area (Å²) in [7, 11) is 1.91. The first-order chi connectivity index (χ1) is 10.7. The van der Waals surface area contributed by atoms with Crippen molar-refractivity contribution in [3.8, 4) is 0 Å². The topological polar surface area (TPSA) is 46.5 Å². The van der Waals surface area contributed by atoms with Crippen LogP contribution in [0.4, 0.5) is 0 Å². The number of ether oxygens (including phenoxy) is 1. The largest absolute Gasteiger partial charge is 0.379 e. The highest BCUT2D eigenvalue weighted by molar-refractivity contribution is 5.92. The van der Waals surface area contributed by atoms with Crippen LogP contribution in [-0.2, 0) is 11.8 Å². The third-order valence-electron chi connectivity index (χ3n) is 5.22. The molecule has 0 aromatic carbocycles. The lowest BCUT2D eigenvalue weighted by Gasteiger charge is -2.48. The molecule has 0 radical (unpaired) electrons. The Morgan fingerprint density at radius 2 is 2.00 bits per heavy atom. The molecule has 0 bridgehead atoms. The Morgan fingerprint density at radius 1 is 1.27 bits per heavy atom. The predicted molar refractivity (Wildman–Crippen MR) is 86.0 cm³/mol. The van der Waals surface area contributed by atoms with Crippen LogP contribution in [0.3, 0.4) is 0 Å². The molecule has 1 amide bonds. The van der Waals surface area contributed by atoms with Crippen molar-refractivity contribution in [3.63, 3.8) is 0 Å². The van der Waals surface area contributed by atoms with Crippen molar-refractivity contribution in [1.82, 2.24) is 14.8 Å². The second-order valence-electron chi connectivity index (χ2n) is 6.57. The van der Waals surface area contributed by atoms with E-state index in [1.165, 1.54) is 32.1 Å². The number of hydrogen-bond acceptors (Lipinski definition) is 3. The molecule has 2 heterocycles. The van der Waals surface area contributed by atoms with Gasteiger partial charge in [0.15, 0.2) is 0 Å². The minimum atomic E-state index is 0.0331. The van der Waals surface area contributed by atoms with Gasteiger partial charge in [0.1, 0.15) is 5.69 Å². The summed E-state index contributed by atoms with van der Waals surface area (Å²) in [6.45, 7) is 4.35. The number of nitrogens with one attached hydrogen (secondary N) is 1. The highest BCUT2D eigenvalue weighted by Crippen LogP contribution is 2.33. The summed E-state index contributed by atoms with van der Waals surface area (Å²) in [5.74, 6) is 0.0331. The molecule has 0 atom stereocenters. The zero-order valence-electron chi connectivity index (χ0n) is 13.5. The second-order valence-corrected chi connectivity index (χ2v) is 6.57. The number of amides is 1. The van der Waals surface area contributed by atoms with Gasteiger partial charge >= 0.3 is 0 Å². The van der Waals surface area contributed by atoms with E-state index >= 15 is 0 Å². The lowest BCUT2D eigenvalue weighted by molar-refractivity contribution is -0.0361. The number of morpholine rings is 1. The van der Waals surface area contributed by atoms with Crippen molar-refractivity contribution in [2.45, 2.75) is 37.6 Å². The van der Waals surface area contributed by atoms with Crippen molar-refractivity contribution in [1.29, 1.82) is 0 Å². The highest BCUT2D eigenvalue weighted by atomic mass is 16.5.